The number of hydrogen-bond acceptors (Lipinski definition) is 5. The molecule has 6 nitrogen and oxygen atoms in total. The summed E-state index contributed by atoms with van der Waals surface area (Å²) < 4.78 is 5.69. The van der Waals surface area contributed by atoms with Crippen molar-refractivity contribution in [1.82, 2.24) is 15.0 Å². The van der Waals surface area contributed by atoms with Crippen molar-refractivity contribution >= 4 is 5.95 Å². The Morgan fingerprint density at radius 2 is 2.18 bits per heavy atom. The van der Waals surface area contributed by atoms with Gasteiger partial charge in [0.1, 0.15) is 5.75 Å². The normalized spacial score (nSPS) is 17.5. The van der Waals surface area contributed by atoms with Crippen molar-refractivity contribution in [3.8, 4) is 5.75 Å². The van der Waals surface area contributed by atoms with Gasteiger partial charge < -0.3 is 10.5 Å². The van der Waals surface area contributed by atoms with E-state index in [1.54, 1.807) is 0 Å². The number of nitrogens with two attached hydrogens (primary N) is 1. The van der Waals surface area contributed by atoms with Crippen LogP contribution in [-0.4, -0.2) is 15.0 Å². The molecule has 3 rings (SSSR count). The lowest BCUT2D eigenvalue weighted by molar-refractivity contribution is 0.227. The van der Waals surface area contributed by atoms with Crippen molar-refractivity contribution in [2.75, 3.05) is 5.73 Å². The zero-order chi connectivity index (χ0) is 11.8. The summed E-state index contributed by atoms with van der Waals surface area (Å²) in [5.41, 5.74) is 6.02. The van der Waals surface area contributed by atoms with Crippen LogP contribution in [0, 0.1) is 0 Å². The second-order valence-corrected chi connectivity index (χ2v) is 3.82. The van der Waals surface area contributed by atoms with Gasteiger partial charge in [-0.2, -0.15) is 9.97 Å². The van der Waals surface area contributed by atoms with E-state index in [1.165, 1.54) is 0 Å². The van der Waals surface area contributed by atoms with Crippen molar-refractivity contribution in [2.24, 2.45) is 0 Å². The van der Waals surface area contributed by atoms with E-state index < -0.39 is 5.69 Å². The maximum atomic E-state index is 11.2. The predicted molar refractivity (Wildman–Crippen MR) is 60.6 cm³/mol. The molecule has 0 saturated carbocycles. The summed E-state index contributed by atoms with van der Waals surface area (Å²) in [6, 6.07) is 7.72. The third-order valence-electron chi connectivity index (χ3n) is 2.64. The third-order valence-corrected chi connectivity index (χ3v) is 2.64. The topological polar surface area (TPSA) is 93.9 Å². The zero-order valence-corrected chi connectivity index (χ0v) is 8.88. The summed E-state index contributed by atoms with van der Waals surface area (Å²) in [7, 11) is 0. The van der Waals surface area contributed by atoms with Crippen LogP contribution < -0.4 is 16.2 Å². The number of fused-ring (bicyclic) bond motifs is 1. The minimum Gasteiger partial charge on any atom is -0.482 e. The first-order valence-electron chi connectivity index (χ1n) is 5.20. The highest BCUT2D eigenvalue weighted by Crippen LogP contribution is 2.34. The molecule has 0 amide bonds. The average Bonchev–Trinajstić information content (AvgIpc) is 2.71. The van der Waals surface area contributed by atoms with Gasteiger partial charge in [-0.3, -0.25) is 4.98 Å². The number of H-pyrrole nitrogens is 1. The van der Waals surface area contributed by atoms with E-state index in [1.807, 2.05) is 24.3 Å². The van der Waals surface area contributed by atoms with Crippen LogP contribution in [0.3, 0.4) is 0 Å². The standard InChI is InChI=1S/C11H10N4O2/c12-10-13-9(14-11(16)15-10)8-5-6-3-1-2-4-7(6)17-8/h1-4,8H,5H2,(H3,12,13,14,15,16). The number of nitrogens with one attached hydrogen (secondary N) is 1. The van der Waals surface area contributed by atoms with E-state index in [-0.39, 0.29) is 12.1 Å². The molecule has 1 aliphatic heterocycles. The summed E-state index contributed by atoms with van der Waals surface area (Å²) in [6.07, 6.45) is 0.369. The quantitative estimate of drug-likeness (QED) is 0.740. The number of aromatic nitrogens is 3. The molecular formula is C11H10N4O2. The van der Waals surface area contributed by atoms with Crippen LogP contribution in [0.5, 0.6) is 5.75 Å². The average molecular weight is 230 g/mol. The van der Waals surface area contributed by atoms with Crippen LogP contribution in [0.4, 0.5) is 5.95 Å². The van der Waals surface area contributed by atoms with E-state index in [0.717, 1.165) is 11.3 Å². The zero-order valence-electron chi connectivity index (χ0n) is 8.88. The Balaban J connectivity index is 1.96. The third kappa shape index (κ3) is 1.73. The molecule has 1 aliphatic rings. The van der Waals surface area contributed by atoms with E-state index in [0.29, 0.717) is 12.2 Å². The van der Waals surface area contributed by atoms with E-state index in [9.17, 15) is 4.79 Å². The number of ether oxygens (including phenoxy) is 1. The highest BCUT2D eigenvalue weighted by Gasteiger charge is 2.26. The molecule has 0 bridgehead atoms. The minimum atomic E-state index is -0.507. The molecule has 0 saturated heterocycles. The van der Waals surface area contributed by atoms with Gasteiger partial charge in [0.25, 0.3) is 0 Å². The Bertz CT molecular complexity index is 598. The van der Waals surface area contributed by atoms with E-state index in [2.05, 4.69) is 15.0 Å². The highest BCUT2D eigenvalue weighted by molar-refractivity contribution is 5.38. The summed E-state index contributed by atoms with van der Waals surface area (Å²) in [5.74, 6) is 1.19. The van der Waals surface area contributed by atoms with Gasteiger partial charge in [0.05, 0.1) is 0 Å². The molecule has 0 radical (unpaired) electrons. The van der Waals surface area contributed by atoms with Gasteiger partial charge in [0, 0.05) is 6.42 Å². The lowest BCUT2D eigenvalue weighted by atomic mass is 10.1. The SMILES string of the molecule is Nc1nc(C2Cc3ccccc3O2)[nH]c(=O)n1. The number of benzene rings is 1. The first-order valence-corrected chi connectivity index (χ1v) is 5.20. The Labute approximate surface area is 96.5 Å². The maximum absolute atomic E-state index is 11.2. The molecule has 1 aromatic carbocycles. The molecule has 17 heavy (non-hydrogen) atoms. The van der Waals surface area contributed by atoms with Crippen LogP contribution in [0.15, 0.2) is 29.1 Å². The van der Waals surface area contributed by atoms with Gasteiger partial charge in [0.15, 0.2) is 11.9 Å². The Hall–Kier alpha value is -2.37. The van der Waals surface area contributed by atoms with Crippen LogP contribution in [0.2, 0.25) is 0 Å². The number of hydrogen-bond donors (Lipinski definition) is 2. The predicted octanol–water partition coefficient (Wildman–Crippen LogP) is 0.423. The Kier molecular flexibility index (Phi) is 2.07. The number of aromatic amines is 1. The monoisotopic (exact) mass is 230 g/mol. The second kappa shape index (κ2) is 3.58. The molecule has 6 heteroatoms. The number of anilines is 1. The van der Waals surface area contributed by atoms with Crippen molar-refractivity contribution in [3.63, 3.8) is 0 Å². The second-order valence-electron chi connectivity index (χ2n) is 3.82. The van der Waals surface area contributed by atoms with Crippen molar-refractivity contribution in [2.45, 2.75) is 12.5 Å². The number of nitrogen functional groups attached to an aromatic ring is 1. The lowest BCUT2D eigenvalue weighted by Crippen LogP contribution is -2.21. The largest absolute Gasteiger partial charge is 0.482 e. The van der Waals surface area contributed by atoms with Gasteiger partial charge in [-0.15, -0.1) is 0 Å². The number of nitrogens with zero attached hydrogens (tertiary/aromatic N) is 2. The highest BCUT2D eigenvalue weighted by atomic mass is 16.5. The molecule has 1 atom stereocenters. The lowest BCUT2D eigenvalue weighted by Gasteiger charge is -2.09. The fourth-order valence-corrected chi connectivity index (χ4v) is 1.90. The molecule has 0 fully saturated rings. The van der Waals surface area contributed by atoms with E-state index >= 15 is 0 Å². The Morgan fingerprint density at radius 3 is 2.94 bits per heavy atom. The van der Waals surface area contributed by atoms with Gasteiger partial charge in [-0.05, 0) is 11.6 Å². The van der Waals surface area contributed by atoms with Crippen molar-refractivity contribution in [3.05, 3.63) is 46.1 Å². The smallest absolute Gasteiger partial charge is 0.349 e. The summed E-state index contributed by atoms with van der Waals surface area (Å²) in [4.78, 5) is 21.2. The Morgan fingerprint density at radius 1 is 1.35 bits per heavy atom. The summed E-state index contributed by atoms with van der Waals surface area (Å²) in [6.45, 7) is 0. The van der Waals surface area contributed by atoms with Crippen LogP contribution >= 0.6 is 0 Å². The van der Waals surface area contributed by atoms with Gasteiger partial charge in [-0.25, -0.2) is 4.79 Å². The van der Waals surface area contributed by atoms with Crippen LogP contribution in [0.25, 0.3) is 0 Å². The number of para-hydroxylation sites is 1. The fourth-order valence-electron chi connectivity index (χ4n) is 1.90. The fraction of sp³-hybridized carbons (Fsp3) is 0.182. The van der Waals surface area contributed by atoms with Gasteiger partial charge >= 0.3 is 5.69 Å². The number of rotatable bonds is 1. The first-order chi connectivity index (χ1) is 8.22. The maximum Gasteiger partial charge on any atom is 0.349 e. The first kappa shape index (κ1) is 9.83. The molecule has 2 aromatic rings. The van der Waals surface area contributed by atoms with Crippen LogP contribution in [0.1, 0.15) is 17.5 Å². The molecule has 0 aliphatic carbocycles. The molecule has 3 N–H and O–H groups in total. The molecule has 1 aromatic heterocycles. The van der Waals surface area contributed by atoms with Crippen molar-refractivity contribution in [1.29, 1.82) is 0 Å². The summed E-state index contributed by atoms with van der Waals surface area (Å²) >= 11 is 0. The van der Waals surface area contributed by atoms with E-state index in [4.69, 9.17) is 10.5 Å². The molecule has 0 spiro atoms. The van der Waals surface area contributed by atoms with Crippen molar-refractivity contribution < 1.29 is 4.74 Å². The molecule has 86 valence electrons. The van der Waals surface area contributed by atoms with Gasteiger partial charge in [0.2, 0.25) is 5.95 Å². The molecule has 1 unspecified atom stereocenters. The molecule has 2 heterocycles. The van der Waals surface area contributed by atoms with Gasteiger partial charge in [-0.1, -0.05) is 18.2 Å². The molecular weight excluding hydrogens is 220 g/mol. The van der Waals surface area contributed by atoms with Crippen LogP contribution in [-0.2, 0) is 6.42 Å². The minimum absolute atomic E-state index is 0.0386. The summed E-state index contributed by atoms with van der Waals surface area (Å²) in [5, 5.41) is 0.